The highest BCUT2D eigenvalue weighted by atomic mass is 16.5. The van der Waals surface area contributed by atoms with Crippen molar-refractivity contribution in [1.29, 1.82) is 0 Å². The molecule has 1 aliphatic rings. The molecule has 1 aliphatic heterocycles. The topological polar surface area (TPSA) is 84.6 Å². The molecule has 29 heavy (non-hydrogen) atoms. The predicted molar refractivity (Wildman–Crippen MR) is 111 cm³/mol. The summed E-state index contributed by atoms with van der Waals surface area (Å²) < 4.78 is 11.4. The third-order valence-corrected chi connectivity index (χ3v) is 5.53. The van der Waals surface area contributed by atoms with Crippen LogP contribution in [0.25, 0.3) is 11.1 Å². The van der Waals surface area contributed by atoms with E-state index in [1.54, 1.807) is 19.9 Å². The van der Waals surface area contributed by atoms with Crippen LogP contribution in [0.2, 0.25) is 0 Å². The maximum absolute atomic E-state index is 13.0. The molecule has 0 saturated carbocycles. The minimum atomic E-state index is -0.548. The number of anilines is 1. The van der Waals surface area contributed by atoms with Crippen LogP contribution in [0.5, 0.6) is 11.5 Å². The third-order valence-electron chi connectivity index (χ3n) is 5.53. The number of carbonyl (C=O) groups excluding carboxylic acids is 1. The maximum Gasteiger partial charge on any atom is 0.262 e. The molecule has 6 heteroatoms. The van der Waals surface area contributed by atoms with Gasteiger partial charge in [0.25, 0.3) is 5.91 Å². The number of nitrogens with zero attached hydrogens (tertiary/aromatic N) is 1. The zero-order valence-corrected chi connectivity index (χ0v) is 17.4. The van der Waals surface area contributed by atoms with Crippen LogP contribution >= 0.6 is 0 Å². The molecule has 0 saturated heterocycles. The smallest absolute Gasteiger partial charge is 0.262 e. The quantitative estimate of drug-likeness (QED) is 0.629. The molecule has 0 spiro atoms. The van der Waals surface area contributed by atoms with Crippen molar-refractivity contribution in [3.8, 4) is 22.6 Å². The number of fused-ring (bicyclic) bond motifs is 3. The number of benzene rings is 2. The highest BCUT2D eigenvalue weighted by molar-refractivity contribution is 6.09. The van der Waals surface area contributed by atoms with Crippen molar-refractivity contribution in [2.24, 2.45) is 0 Å². The third kappa shape index (κ3) is 2.95. The second-order valence-electron chi connectivity index (χ2n) is 8.13. The molecule has 2 heterocycles. The number of hydrogen-bond acceptors (Lipinski definition) is 5. The average molecular weight is 392 g/mol. The monoisotopic (exact) mass is 392 g/mol. The SMILES string of the molecule is Cc1ccc2c(c1)-c1c(cc(C)c(C(=O)Nc3onc(C)c3C)c1O)OC2(C)C. The molecule has 0 bridgehead atoms. The molecular weight excluding hydrogens is 368 g/mol. The van der Waals surface area contributed by atoms with E-state index >= 15 is 0 Å². The number of carbonyl (C=O) groups is 1. The Bertz CT molecular complexity index is 1160. The van der Waals surface area contributed by atoms with Crippen LogP contribution in [0.1, 0.15) is 52.2 Å². The van der Waals surface area contributed by atoms with Crippen LogP contribution in [0, 0.1) is 27.7 Å². The molecule has 150 valence electrons. The first-order chi connectivity index (χ1) is 13.6. The van der Waals surface area contributed by atoms with E-state index < -0.39 is 11.5 Å². The highest BCUT2D eigenvalue weighted by Gasteiger charge is 2.36. The number of amides is 1. The Balaban J connectivity index is 1.87. The van der Waals surface area contributed by atoms with Gasteiger partial charge in [-0.15, -0.1) is 0 Å². The zero-order valence-electron chi connectivity index (χ0n) is 17.4. The normalized spacial score (nSPS) is 14.0. The summed E-state index contributed by atoms with van der Waals surface area (Å²) in [5, 5.41) is 17.7. The first-order valence-corrected chi connectivity index (χ1v) is 9.51. The fourth-order valence-electron chi connectivity index (χ4n) is 3.81. The van der Waals surface area contributed by atoms with Crippen molar-refractivity contribution in [2.75, 3.05) is 5.32 Å². The minimum absolute atomic E-state index is 0.103. The van der Waals surface area contributed by atoms with E-state index in [9.17, 15) is 9.90 Å². The zero-order chi connectivity index (χ0) is 21.1. The Morgan fingerprint density at radius 2 is 1.86 bits per heavy atom. The lowest BCUT2D eigenvalue weighted by Gasteiger charge is -2.36. The van der Waals surface area contributed by atoms with Crippen molar-refractivity contribution < 1.29 is 19.2 Å². The number of aromatic hydroxyl groups is 1. The number of aryl methyl sites for hydroxylation is 3. The van der Waals surface area contributed by atoms with E-state index in [-0.39, 0.29) is 17.2 Å². The van der Waals surface area contributed by atoms with E-state index in [1.807, 2.05) is 45.9 Å². The van der Waals surface area contributed by atoms with Crippen molar-refractivity contribution in [2.45, 2.75) is 47.1 Å². The fourth-order valence-corrected chi connectivity index (χ4v) is 3.81. The van der Waals surface area contributed by atoms with Gasteiger partial charge in [-0.25, -0.2) is 0 Å². The summed E-state index contributed by atoms with van der Waals surface area (Å²) in [5.41, 5.74) is 5.12. The standard InChI is InChI=1S/C23H24N2O4/c1-11-7-8-16-15(9-11)19-17(28-23(16,5)6)10-12(2)18(20(19)26)21(27)24-22-13(3)14(4)25-29-22/h7-10,26H,1-6H3,(H,24,27). The molecule has 0 unspecified atom stereocenters. The summed E-state index contributed by atoms with van der Waals surface area (Å²) in [6.07, 6.45) is 0. The second kappa shape index (κ2) is 6.37. The summed E-state index contributed by atoms with van der Waals surface area (Å²) in [6, 6.07) is 7.84. The van der Waals surface area contributed by atoms with E-state index in [0.717, 1.165) is 22.3 Å². The van der Waals surface area contributed by atoms with Crippen molar-refractivity contribution in [3.05, 3.63) is 57.8 Å². The fraction of sp³-hybridized carbons (Fsp3) is 0.304. The number of phenols is 1. The molecule has 4 rings (SSSR count). The van der Waals surface area contributed by atoms with Crippen LogP contribution < -0.4 is 10.1 Å². The molecule has 6 nitrogen and oxygen atoms in total. The van der Waals surface area contributed by atoms with Crippen LogP contribution in [0.4, 0.5) is 5.88 Å². The summed E-state index contributed by atoms with van der Waals surface area (Å²) in [4.78, 5) is 13.0. The molecule has 2 aromatic carbocycles. The summed E-state index contributed by atoms with van der Waals surface area (Å²) in [7, 11) is 0. The molecule has 0 atom stereocenters. The van der Waals surface area contributed by atoms with Crippen LogP contribution in [-0.2, 0) is 5.60 Å². The Hall–Kier alpha value is -3.28. The molecule has 3 aromatic rings. The van der Waals surface area contributed by atoms with Gasteiger partial charge in [0.2, 0.25) is 5.88 Å². The van der Waals surface area contributed by atoms with Gasteiger partial charge < -0.3 is 14.4 Å². The van der Waals surface area contributed by atoms with Crippen LogP contribution in [0.3, 0.4) is 0 Å². The van der Waals surface area contributed by atoms with Gasteiger partial charge >= 0.3 is 0 Å². The Morgan fingerprint density at radius 3 is 2.52 bits per heavy atom. The van der Waals surface area contributed by atoms with E-state index in [0.29, 0.717) is 22.6 Å². The van der Waals surface area contributed by atoms with Crippen LogP contribution in [-0.4, -0.2) is 16.2 Å². The largest absolute Gasteiger partial charge is 0.506 e. The highest BCUT2D eigenvalue weighted by Crippen LogP contribution is 2.51. The number of hydrogen-bond donors (Lipinski definition) is 2. The summed E-state index contributed by atoms with van der Waals surface area (Å²) >= 11 is 0. The van der Waals surface area contributed by atoms with Crippen LogP contribution in [0.15, 0.2) is 28.8 Å². The minimum Gasteiger partial charge on any atom is -0.506 e. The lowest BCUT2D eigenvalue weighted by molar-refractivity contribution is 0.101. The Labute approximate surface area is 169 Å². The second-order valence-corrected chi connectivity index (χ2v) is 8.13. The van der Waals surface area contributed by atoms with E-state index in [4.69, 9.17) is 9.26 Å². The molecule has 1 amide bonds. The van der Waals surface area contributed by atoms with Crippen molar-refractivity contribution in [1.82, 2.24) is 5.16 Å². The summed E-state index contributed by atoms with van der Waals surface area (Å²) in [6.45, 7) is 11.4. The van der Waals surface area contributed by atoms with Gasteiger partial charge in [0, 0.05) is 11.1 Å². The Kier molecular flexibility index (Phi) is 4.19. The maximum atomic E-state index is 13.0. The predicted octanol–water partition coefficient (Wildman–Crippen LogP) is 5.16. The molecular formula is C23H24N2O4. The summed E-state index contributed by atoms with van der Waals surface area (Å²) in [5.74, 6) is 0.277. The van der Waals surface area contributed by atoms with Gasteiger partial charge in [0.1, 0.15) is 17.1 Å². The Morgan fingerprint density at radius 1 is 1.14 bits per heavy atom. The van der Waals surface area contributed by atoms with Gasteiger partial charge in [-0.2, -0.15) is 0 Å². The van der Waals surface area contributed by atoms with E-state index in [1.165, 1.54) is 0 Å². The van der Waals surface area contributed by atoms with E-state index in [2.05, 4.69) is 10.5 Å². The van der Waals surface area contributed by atoms with Gasteiger partial charge in [0.05, 0.1) is 16.8 Å². The molecule has 1 aromatic heterocycles. The van der Waals surface area contributed by atoms with Gasteiger partial charge in [-0.1, -0.05) is 28.9 Å². The first-order valence-electron chi connectivity index (χ1n) is 9.51. The number of aromatic nitrogens is 1. The number of nitrogens with one attached hydrogen (secondary N) is 1. The lowest BCUT2D eigenvalue weighted by Crippen LogP contribution is -2.29. The van der Waals surface area contributed by atoms with Gasteiger partial charge in [-0.05, 0) is 58.7 Å². The molecule has 2 N–H and O–H groups in total. The van der Waals surface area contributed by atoms with Crippen molar-refractivity contribution in [3.63, 3.8) is 0 Å². The average Bonchev–Trinajstić information content (AvgIpc) is 2.92. The number of rotatable bonds is 2. The lowest BCUT2D eigenvalue weighted by atomic mass is 9.83. The van der Waals surface area contributed by atoms with Crippen molar-refractivity contribution >= 4 is 11.8 Å². The number of phenolic OH excluding ortho intramolecular Hbond substituents is 1. The molecule has 0 aliphatic carbocycles. The van der Waals surface area contributed by atoms with Gasteiger partial charge in [-0.3, -0.25) is 10.1 Å². The number of ether oxygens (including phenoxy) is 1. The first kappa shape index (κ1) is 19.1. The molecule has 0 radical (unpaired) electrons. The van der Waals surface area contributed by atoms with Gasteiger partial charge in [0.15, 0.2) is 0 Å². The molecule has 0 fully saturated rings.